The summed E-state index contributed by atoms with van der Waals surface area (Å²) in [5.41, 5.74) is 1.45. The van der Waals surface area contributed by atoms with Crippen LogP contribution >= 0.6 is 0 Å². The van der Waals surface area contributed by atoms with Crippen molar-refractivity contribution in [1.29, 1.82) is 0 Å². The van der Waals surface area contributed by atoms with Crippen LogP contribution in [0.1, 0.15) is 18.9 Å². The second-order valence-electron chi connectivity index (χ2n) is 4.43. The maximum Gasteiger partial charge on any atom is 0.327 e. The van der Waals surface area contributed by atoms with E-state index in [9.17, 15) is 14.5 Å². The molecule has 4 nitrogen and oxygen atoms in total. The van der Waals surface area contributed by atoms with Gasteiger partial charge in [0.2, 0.25) is 5.82 Å². The third-order valence-electron chi connectivity index (χ3n) is 2.98. The molecule has 0 saturated heterocycles. The molecule has 0 amide bonds. The summed E-state index contributed by atoms with van der Waals surface area (Å²) in [5.74, 6) is -0.840. The molecule has 5 heteroatoms. The normalized spacial score (nSPS) is 10.3. The highest BCUT2D eigenvalue weighted by Crippen LogP contribution is 2.31. The SMILES string of the molecule is CCCc1ccccc1Nc1cccc(F)c1[N+](=O)[O-]. The predicted molar refractivity (Wildman–Crippen MR) is 76.8 cm³/mol. The summed E-state index contributed by atoms with van der Waals surface area (Å²) < 4.78 is 13.6. The molecule has 0 radical (unpaired) electrons. The molecule has 0 saturated carbocycles. The number of para-hydroxylation sites is 2. The number of nitrogens with zero attached hydrogens (tertiary/aromatic N) is 1. The number of hydrogen-bond acceptors (Lipinski definition) is 3. The van der Waals surface area contributed by atoms with E-state index in [0.29, 0.717) is 0 Å². The van der Waals surface area contributed by atoms with Gasteiger partial charge in [-0.2, -0.15) is 4.39 Å². The number of aryl methyl sites for hydroxylation is 1. The number of nitro benzene ring substituents is 1. The number of hydrogen-bond donors (Lipinski definition) is 1. The Labute approximate surface area is 116 Å². The van der Waals surface area contributed by atoms with E-state index in [1.807, 2.05) is 24.3 Å². The van der Waals surface area contributed by atoms with Crippen LogP contribution < -0.4 is 5.32 Å². The van der Waals surface area contributed by atoms with Gasteiger partial charge < -0.3 is 5.32 Å². The lowest BCUT2D eigenvalue weighted by Gasteiger charge is -2.11. The van der Waals surface area contributed by atoms with E-state index in [4.69, 9.17) is 0 Å². The second kappa shape index (κ2) is 6.14. The van der Waals surface area contributed by atoms with Gasteiger partial charge in [-0.05, 0) is 30.2 Å². The standard InChI is InChI=1S/C15H15FN2O2/c1-2-6-11-7-3-4-9-13(11)17-14-10-5-8-12(16)15(14)18(19)20/h3-5,7-10,17H,2,6H2,1H3. The van der Waals surface area contributed by atoms with Crippen molar-refractivity contribution in [2.45, 2.75) is 19.8 Å². The zero-order chi connectivity index (χ0) is 14.5. The molecule has 104 valence electrons. The van der Waals surface area contributed by atoms with Gasteiger partial charge in [-0.1, -0.05) is 37.6 Å². The van der Waals surface area contributed by atoms with Crippen LogP contribution in [0.2, 0.25) is 0 Å². The molecule has 0 heterocycles. The van der Waals surface area contributed by atoms with Crippen molar-refractivity contribution in [2.75, 3.05) is 5.32 Å². The van der Waals surface area contributed by atoms with Gasteiger partial charge in [-0.25, -0.2) is 0 Å². The Kier molecular flexibility index (Phi) is 4.30. The minimum atomic E-state index is -0.840. The summed E-state index contributed by atoms with van der Waals surface area (Å²) in [5, 5.41) is 13.9. The summed E-state index contributed by atoms with van der Waals surface area (Å²) >= 11 is 0. The van der Waals surface area contributed by atoms with Gasteiger partial charge in [0.1, 0.15) is 5.69 Å². The minimum Gasteiger partial charge on any atom is -0.350 e. The van der Waals surface area contributed by atoms with Crippen molar-refractivity contribution in [3.63, 3.8) is 0 Å². The van der Waals surface area contributed by atoms with Crippen LogP contribution in [0.4, 0.5) is 21.5 Å². The van der Waals surface area contributed by atoms with Gasteiger partial charge in [-0.3, -0.25) is 10.1 Å². The Morgan fingerprint density at radius 1 is 1.15 bits per heavy atom. The number of rotatable bonds is 5. The summed E-state index contributed by atoms with van der Waals surface area (Å²) in [4.78, 5) is 10.3. The fraction of sp³-hybridized carbons (Fsp3) is 0.200. The van der Waals surface area contributed by atoms with Crippen molar-refractivity contribution in [3.05, 3.63) is 64.0 Å². The molecule has 0 aromatic heterocycles. The van der Waals surface area contributed by atoms with Crippen molar-refractivity contribution in [2.24, 2.45) is 0 Å². The molecule has 0 aliphatic heterocycles. The van der Waals surface area contributed by atoms with E-state index < -0.39 is 16.4 Å². The Bertz CT molecular complexity index is 629. The van der Waals surface area contributed by atoms with Crippen molar-refractivity contribution in [1.82, 2.24) is 0 Å². The first-order valence-corrected chi connectivity index (χ1v) is 6.41. The molecule has 0 atom stereocenters. The van der Waals surface area contributed by atoms with Gasteiger partial charge in [0.05, 0.1) is 4.92 Å². The number of benzene rings is 2. The Morgan fingerprint density at radius 3 is 2.55 bits per heavy atom. The molecule has 0 unspecified atom stereocenters. The quantitative estimate of drug-likeness (QED) is 0.648. The van der Waals surface area contributed by atoms with Crippen LogP contribution in [-0.4, -0.2) is 4.92 Å². The highest BCUT2D eigenvalue weighted by atomic mass is 19.1. The van der Waals surface area contributed by atoms with Crippen molar-refractivity contribution < 1.29 is 9.31 Å². The van der Waals surface area contributed by atoms with Crippen molar-refractivity contribution >= 4 is 17.1 Å². The van der Waals surface area contributed by atoms with E-state index in [1.165, 1.54) is 12.1 Å². The number of nitro groups is 1. The smallest absolute Gasteiger partial charge is 0.327 e. The number of halogens is 1. The highest BCUT2D eigenvalue weighted by Gasteiger charge is 2.20. The van der Waals surface area contributed by atoms with Crippen LogP contribution in [0.3, 0.4) is 0 Å². The first-order chi connectivity index (χ1) is 9.63. The fourth-order valence-electron chi connectivity index (χ4n) is 2.08. The van der Waals surface area contributed by atoms with Crippen LogP contribution in [-0.2, 0) is 6.42 Å². The summed E-state index contributed by atoms with van der Waals surface area (Å²) in [7, 11) is 0. The lowest BCUT2D eigenvalue weighted by atomic mass is 10.1. The topological polar surface area (TPSA) is 55.2 Å². The van der Waals surface area contributed by atoms with Crippen LogP contribution in [0, 0.1) is 15.9 Å². The molecular weight excluding hydrogens is 259 g/mol. The first kappa shape index (κ1) is 14.0. The van der Waals surface area contributed by atoms with Gasteiger partial charge in [0.15, 0.2) is 0 Å². The van der Waals surface area contributed by atoms with Gasteiger partial charge in [0.25, 0.3) is 0 Å². The molecule has 1 N–H and O–H groups in total. The molecule has 2 aromatic carbocycles. The molecular formula is C15H15FN2O2. The van der Waals surface area contributed by atoms with Crippen LogP contribution in [0.25, 0.3) is 0 Å². The van der Waals surface area contributed by atoms with E-state index >= 15 is 0 Å². The van der Waals surface area contributed by atoms with Crippen LogP contribution in [0.5, 0.6) is 0 Å². The summed E-state index contributed by atoms with van der Waals surface area (Å²) in [6, 6.07) is 11.6. The maximum absolute atomic E-state index is 13.6. The first-order valence-electron chi connectivity index (χ1n) is 6.41. The zero-order valence-corrected chi connectivity index (χ0v) is 11.1. The van der Waals surface area contributed by atoms with E-state index in [-0.39, 0.29) is 5.69 Å². The molecule has 0 aliphatic carbocycles. The fourth-order valence-corrected chi connectivity index (χ4v) is 2.08. The summed E-state index contributed by atoms with van der Waals surface area (Å²) in [6.07, 6.45) is 1.82. The monoisotopic (exact) mass is 274 g/mol. The van der Waals surface area contributed by atoms with E-state index in [2.05, 4.69) is 12.2 Å². The number of anilines is 2. The molecule has 0 spiro atoms. The maximum atomic E-state index is 13.6. The number of nitrogens with one attached hydrogen (secondary N) is 1. The van der Waals surface area contributed by atoms with E-state index in [0.717, 1.165) is 30.2 Å². The van der Waals surface area contributed by atoms with Crippen LogP contribution in [0.15, 0.2) is 42.5 Å². The Balaban J connectivity index is 2.40. The lowest BCUT2D eigenvalue weighted by Crippen LogP contribution is -2.01. The molecule has 0 bridgehead atoms. The van der Waals surface area contributed by atoms with Gasteiger partial charge in [-0.15, -0.1) is 0 Å². The van der Waals surface area contributed by atoms with E-state index in [1.54, 1.807) is 0 Å². The second-order valence-corrected chi connectivity index (χ2v) is 4.43. The Morgan fingerprint density at radius 2 is 1.85 bits per heavy atom. The average Bonchev–Trinajstić information content (AvgIpc) is 2.41. The van der Waals surface area contributed by atoms with Gasteiger partial charge >= 0.3 is 5.69 Å². The Hall–Kier alpha value is -2.43. The minimum absolute atomic E-state index is 0.165. The molecule has 20 heavy (non-hydrogen) atoms. The predicted octanol–water partition coefficient (Wildman–Crippen LogP) is 4.43. The largest absolute Gasteiger partial charge is 0.350 e. The zero-order valence-electron chi connectivity index (χ0n) is 11.1. The average molecular weight is 274 g/mol. The highest BCUT2D eigenvalue weighted by molar-refractivity contribution is 5.71. The van der Waals surface area contributed by atoms with Gasteiger partial charge in [0, 0.05) is 5.69 Å². The third kappa shape index (κ3) is 2.93. The molecule has 2 aromatic rings. The third-order valence-corrected chi connectivity index (χ3v) is 2.98. The lowest BCUT2D eigenvalue weighted by molar-refractivity contribution is -0.386. The molecule has 0 fully saturated rings. The molecule has 0 aliphatic rings. The molecule has 2 rings (SSSR count). The van der Waals surface area contributed by atoms with Crippen molar-refractivity contribution in [3.8, 4) is 0 Å². The summed E-state index contributed by atoms with van der Waals surface area (Å²) in [6.45, 7) is 2.06.